The van der Waals surface area contributed by atoms with Crippen molar-refractivity contribution in [2.24, 2.45) is 0 Å². The average molecular weight is 723 g/mol. The van der Waals surface area contributed by atoms with Crippen LogP contribution in [0, 0.1) is 0 Å². The van der Waals surface area contributed by atoms with Gasteiger partial charge in [0, 0.05) is 9.75 Å². The Kier molecular flexibility index (Phi) is 10.8. The lowest BCUT2D eigenvalue weighted by molar-refractivity contribution is 0.287. The second-order valence-electron chi connectivity index (χ2n) is 12.9. The minimum absolute atomic E-state index is 0.145. The smallest absolute Gasteiger partial charge is 0.119 e. The summed E-state index contributed by atoms with van der Waals surface area (Å²) in [5.41, 5.74) is 14.2. The molecule has 2 N–H and O–H groups in total. The Morgan fingerprint density at radius 2 is 0.885 bits per heavy atom. The lowest BCUT2D eigenvalue weighted by atomic mass is 10.1. The van der Waals surface area contributed by atoms with Crippen molar-refractivity contribution in [2.75, 3.05) is 23.2 Å². The summed E-state index contributed by atoms with van der Waals surface area (Å²) in [6, 6.07) is 46.7. The van der Waals surface area contributed by atoms with Crippen LogP contribution in [0.25, 0.3) is 11.4 Å². The maximum absolute atomic E-state index is 6.12. The van der Waals surface area contributed by atoms with E-state index in [0.717, 1.165) is 71.1 Å². The van der Waals surface area contributed by atoms with Crippen LogP contribution in [-0.4, -0.2) is 13.2 Å². The molecule has 8 rings (SSSR count). The van der Waals surface area contributed by atoms with Crippen LogP contribution in [0.3, 0.4) is 0 Å². The number of nitrogens with zero attached hydrogens (tertiary/aromatic N) is 2. The molecule has 4 heterocycles. The van der Waals surface area contributed by atoms with Gasteiger partial charge in [0.05, 0.1) is 48.1 Å². The van der Waals surface area contributed by atoms with Crippen molar-refractivity contribution < 1.29 is 9.47 Å². The van der Waals surface area contributed by atoms with Crippen LogP contribution < -0.4 is 30.3 Å². The van der Waals surface area contributed by atoms with Gasteiger partial charge in [-0.3, -0.25) is 10.0 Å². The zero-order chi connectivity index (χ0) is 35.0. The Hall–Kier alpha value is -5.12. The fraction of sp³-hybridized carbons (Fsp3) is 0.182. The van der Waals surface area contributed by atoms with E-state index in [1.807, 2.05) is 12.1 Å². The van der Waals surface area contributed by atoms with E-state index in [0.29, 0.717) is 13.2 Å². The molecule has 0 spiro atoms. The van der Waals surface area contributed by atoms with Gasteiger partial charge in [-0.25, -0.2) is 10.9 Å². The van der Waals surface area contributed by atoms with Gasteiger partial charge < -0.3 is 9.47 Å². The van der Waals surface area contributed by atoms with Crippen molar-refractivity contribution in [1.29, 1.82) is 0 Å². The summed E-state index contributed by atoms with van der Waals surface area (Å²) in [7, 11) is 0. The van der Waals surface area contributed by atoms with Gasteiger partial charge in [0.15, 0.2) is 0 Å². The number of ether oxygens (including phenoxy) is 2. The molecular weight excluding hydrogens is 681 g/mol. The first kappa shape index (κ1) is 34.0. The van der Waals surface area contributed by atoms with Gasteiger partial charge >= 0.3 is 0 Å². The van der Waals surface area contributed by atoms with Crippen LogP contribution in [0.2, 0.25) is 0 Å². The first-order chi connectivity index (χ1) is 25.8. The van der Waals surface area contributed by atoms with Gasteiger partial charge in [-0.15, -0.1) is 22.7 Å². The van der Waals surface area contributed by atoms with E-state index in [9.17, 15) is 0 Å². The van der Waals surface area contributed by atoms with E-state index >= 15 is 0 Å². The molecule has 0 aliphatic carbocycles. The van der Waals surface area contributed by atoms with Crippen LogP contribution in [0.15, 0.2) is 156 Å². The fourth-order valence-electron chi connectivity index (χ4n) is 6.60. The zero-order valence-electron chi connectivity index (χ0n) is 28.9. The summed E-state index contributed by atoms with van der Waals surface area (Å²) in [6.07, 6.45) is 8.86. The third kappa shape index (κ3) is 8.01. The highest BCUT2D eigenvalue weighted by Gasteiger charge is 2.28. The van der Waals surface area contributed by atoms with Crippen molar-refractivity contribution in [2.45, 2.75) is 37.8 Å². The Labute approximate surface area is 314 Å². The Morgan fingerprint density at radius 3 is 1.27 bits per heavy atom. The van der Waals surface area contributed by atoms with E-state index in [4.69, 9.17) is 9.47 Å². The van der Waals surface area contributed by atoms with E-state index < -0.39 is 0 Å². The van der Waals surface area contributed by atoms with Crippen molar-refractivity contribution in [3.63, 3.8) is 0 Å². The molecule has 8 heteroatoms. The minimum atomic E-state index is 0.145. The van der Waals surface area contributed by atoms with Crippen LogP contribution in [0.4, 0.5) is 11.4 Å². The quantitative estimate of drug-likeness (QED) is 0.103. The largest absolute Gasteiger partial charge is 0.494 e. The molecule has 6 nitrogen and oxygen atoms in total. The molecule has 2 atom stereocenters. The highest BCUT2D eigenvalue weighted by molar-refractivity contribution is 7.10. The van der Waals surface area contributed by atoms with Gasteiger partial charge in [-0.2, -0.15) is 0 Å². The molecular formula is C44H42N4O2S2. The molecule has 0 fully saturated rings. The van der Waals surface area contributed by atoms with Crippen molar-refractivity contribution in [3.8, 4) is 11.5 Å². The molecule has 2 aromatic heterocycles. The number of anilines is 2. The molecule has 2 unspecified atom stereocenters. The van der Waals surface area contributed by atoms with Gasteiger partial charge in [0.25, 0.3) is 0 Å². The number of hydrogen-bond donors (Lipinski definition) is 2. The number of para-hydroxylation sites is 2. The predicted octanol–water partition coefficient (Wildman–Crippen LogP) is 11.0. The topological polar surface area (TPSA) is 49.0 Å². The predicted molar refractivity (Wildman–Crippen MR) is 217 cm³/mol. The van der Waals surface area contributed by atoms with Crippen molar-refractivity contribution >= 4 is 45.4 Å². The minimum Gasteiger partial charge on any atom is -0.494 e. The molecule has 0 saturated carbocycles. The molecule has 0 saturated heterocycles. The number of hydrazine groups is 2. The fourth-order valence-corrected chi connectivity index (χ4v) is 8.08. The van der Waals surface area contributed by atoms with E-state index in [2.05, 4.69) is 165 Å². The molecule has 4 aromatic carbocycles. The summed E-state index contributed by atoms with van der Waals surface area (Å²) < 4.78 is 12.2. The number of hydrogen-bond acceptors (Lipinski definition) is 8. The van der Waals surface area contributed by atoms with Gasteiger partial charge in [-0.1, -0.05) is 48.5 Å². The molecule has 262 valence electrons. The van der Waals surface area contributed by atoms with E-state index in [1.165, 1.54) is 9.75 Å². The summed E-state index contributed by atoms with van der Waals surface area (Å²) in [5.74, 6) is 1.81. The number of thiophene rings is 2. The van der Waals surface area contributed by atoms with Gasteiger partial charge in [0.1, 0.15) is 11.5 Å². The summed E-state index contributed by atoms with van der Waals surface area (Å²) >= 11 is 3.54. The van der Waals surface area contributed by atoms with Crippen LogP contribution >= 0.6 is 22.7 Å². The Morgan fingerprint density at radius 1 is 0.462 bits per heavy atom. The Balaban J connectivity index is 0.777. The molecule has 6 aromatic rings. The van der Waals surface area contributed by atoms with Crippen molar-refractivity contribution in [1.82, 2.24) is 10.9 Å². The highest BCUT2D eigenvalue weighted by Crippen LogP contribution is 2.37. The van der Waals surface area contributed by atoms with Crippen molar-refractivity contribution in [3.05, 3.63) is 177 Å². The number of unbranched alkanes of at least 4 members (excludes halogenated alkanes) is 3. The molecule has 0 amide bonds. The lowest BCUT2D eigenvalue weighted by Gasteiger charge is -2.24. The van der Waals surface area contributed by atoms with E-state index in [-0.39, 0.29) is 12.1 Å². The monoisotopic (exact) mass is 722 g/mol. The third-order valence-corrected chi connectivity index (χ3v) is 11.2. The second kappa shape index (κ2) is 16.5. The normalized spacial score (nSPS) is 16.9. The first-order valence-corrected chi connectivity index (χ1v) is 19.7. The average Bonchev–Trinajstić information content (AvgIpc) is 4.04. The lowest BCUT2D eigenvalue weighted by Crippen LogP contribution is -2.32. The number of benzene rings is 4. The van der Waals surface area contributed by atoms with Crippen LogP contribution in [0.1, 0.15) is 58.6 Å². The van der Waals surface area contributed by atoms with Gasteiger partial charge in [-0.05, 0) is 145 Å². The summed E-state index contributed by atoms with van der Waals surface area (Å²) in [4.78, 5) is 2.59. The summed E-state index contributed by atoms with van der Waals surface area (Å²) in [5, 5.41) is 8.63. The third-order valence-electron chi connectivity index (χ3n) is 9.27. The SMILES string of the molecule is C1=C(c2ccc(OCCCCCCOc3ccc(C4=CC(c5cccs5)NN4c4ccccc4)cc3)cc2)N(c2ccccc2)NC1c1cccs1. The maximum Gasteiger partial charge on any atom is 0.119 e. The number of rotatable bonds is 15. The number of nitrogens with one attached hydrogen (secondary N) is 2. The first-order valence-electron chi connectivity index (χ1n) is 18.0. The second-order valence-corrected chi connectivity index (χ2v) is 14.8. The molecule has 2 aliphatic heterocycles. The standard InChI is InChI=1S/C44H42N4O2S2/c1(9-27-49-37-23-19-33(20-24-37)41-31-39(43-17-11-29-51-43)45-47(41)35-13-5-3-6-14-35)2-10-28-50-38-25-21-34(22-26-38)42-32-40(44-18-12-30-52-44)46-48(42)36-15-7-4-8-16-36/h3-8,11-26,29-32,39-40,45-46H,1-2,9-10,27-28H2. The van der Waals surface area contributed by atoms with Crippen LogP contribution in [-0.2, 0) is 0 Å². The van der Waals surface area contributed by atoms with Crippen LogP contribution in [0.5, 0.6) is 11.5 Å². The molecule has 0 radical (unpaired) electrons. The Bertz CT molecular complexity index is 1900. The van der Waals surface area contributed by atoms with Gasteiger partial charge in [0.2, 0.25) is 0 Å². The highest BCUT2D eigenvalue weighted by atomic mass is 32.1. The molecule has 52 heavy (non-hydrogen) atoms. The zero-order valence-corrected chi connectivity index (χ0v) is 30.6. The summed E-state index contributed by atoms with van der Waals surface area (Å²) in [6.45, 7) is 1.42. The molecule has 2 aliphatic rings. The van der Waals surface area contributed by atoms with E-state index in [1.54, 1.807) is 22.7 Å². The molecule has 0 bridgehead atoms. The maximum atomic E-state index is 6.12.